The average molecular weight is 203 g/mol. The summed E-state index contributed by atoms with van der Waals surface area (Å²) in [5, 5.41) is 8.15. The monoisotopic (exact) mass is 202 g/mol. The molecule has 0 aromatic heterocycles. The lowest BCUT2D eigenvalue weighted by Gasteiger charge is -2.10. The Hall–Kier alpha value is -0.810. The summed E-state index contributed by atoms with van der Waals surface area (Å²) in [5.41, 5.74) is 1.66. The van der Waals surface area contributed by atoms with Crippen molar-refractivity contribution >= 4 is 24.3 Å². The Labute approximate surface area is 85.5 Å². The van der Waals surface area contributed by atoms with Gasteiger partial charge in [0.25, 0.3) is 0 Å². The maximum absolute atomic E-state index is 11.1. The zero-order valence-electron chi connectivity index (χ0n) is 12.0. The van der Waals surface area contributed by atoms with Crippen LogP contribution in [-0.2, 0) is 9.59 Å². The Morgan fingerprint density at radius 1 is 1.50 bits per heavy atom. The number of amides is 1. The molecule has 0 unspecified atom stereocenters. The minimum Gasteiger partial charge on any atom is -0.481 e. The summed E-state index contributed by atoms with van der Waals surface area (Å²) in [4.78, 5) is 21.3. The molecule has 0 aromatic carbocycles. The van der Waals surface area contributed by atoms with Gasteiger partial charge in [0.15, 0.2) is 0 Å². The molecule has 0 bridgehead atoms. The molecule has 1 amide bonds. The Bertz CT molecular complexity index is 291. The molecule has 0 aliphatic heterocycles. The number of carboxylic acids is 1. The molecule has 5 nitrogen and oxygen atoms in total. The van der Waals surface area contributed by atoms with Crippen LogP contribution in [0.2, 0.25) is 0 Å². The number of hydrogen-bond acceptors (Lipinski definition) is 3. The van der Waals surface area contributed by atoms with E-state index in [4.69, 9.17) is 13.3 Å². The lowest BCUT2D eigenvalue weighted by atomic mass is 10.3. The first-order valence-electron chi connectivity index (χ1n) is 5.76. The number of carbonyl (C=O) groups excluding carboxylic acids is 1. The number of aliphatic carboxylic acids is 1. The van der Waals surface area contributed by atoms with Crippen LogP contribution >= 0.6 is 12.4 Å². The Kier molecular flexibility index (Phi) is 2.88. The van der Waals surface area contributed by atoms with Gasteiger partial charge in [-0.3, -0.25) is 15.0 Å². The summed E-state index contributed by atoms with van der Waals surface area (Å²) in [6.45, 7) is -6.08. The van der Waals surface area contributed by atoms with Crippen molar-refractivity contribution in [2.45, 2.75) is 12.8 Å². The standard InChI is InChI=1S/C6H12N2O3.ClH/c1-8(2)7-5(9)3-4-6(10)11;/h3-4H2,1-2H3,(H,7,9)(H,10,11);1H/i1D3,2D3;. The number of rotatable bonds is 4. The largest absolute Gasteiger partial charge is 0.481 e. The SMILES string of the molecule is Cl.[2H]C([2H])([2H])N(NC(=O)CCC(=O)O)C([2H])([2H])[2H]. The fourth-order valence-corrected chi connectivity index (χ4v) is 0.401. The number of hydrogen-bond donors (Lipinski definition) is 2. The van der Waals surface area contributed by atoms with E-state index in [1.54, 1.807) is 5.43 Å². The van der Waals surface area contributed by atoms with Crippen LogP contribution in [0.25, 0.3) is 0 Å². The number of carbonyl (C=O) groups is 2. The van der Waals surface area contributed by atoms with Crippen LogP contribution in [0.1, 0.15) is 21.1 Å². The summed E-state index contributed by atoms with van der Waals surface area (Å²) >= 11 is 0. The lowest BCUT2D eigenvalue weighted by molar-refractivity contribution is -0.139. The predicted molar refractivity (Wildman–Crippen MR) is 45.9 cm³/mol. The van der Waals surface area contributed by atoms with E-state index in [-0.39, 0.29) is 17.4 Å². The van der Waals surface area contributed by atoms with Crippen molar-refractivity contribution in [1.82, 2.24) is 10.4 Å². The van der Waals surface area contributed by atoms with Crippen molar-refractivity contribution < 1.29 is 22.9 Å². The Morgan fingerprint density at radius 2 is 2.08 bits per heavy atom. The second kappa shape index (κ2) is 6.87. The minimum atomic E-state index is -3.04. The van der Waals surface area contributed by atoms with Gasteiger partial charge in [-0.05, 0) is 0 Å². The molecule has 0 aromatic rings. The minimum absolute atomic E-state index is 0. The normalized spacial score (nSPS) is 18.4. The molecule has 0 heterocycles. The van der Waals surface area contributed by atoms with Gasteiger partial charge in [-0.15, -0.1) is 12.4 Å². The number of hydrazine groups is 1. The van der Waals surface area contributed by atoms with Crippen molar-refractivity contribution in [1.29, 1.82) is 0 Å². The molecule has 0 rings (SSSR count). The molecular formula is C6H13ClN2O3. The highest BCUT2D eigenvalue weighted by molar-refractivity contribution is 5.85. The van der Waals surface area contributed by atoms with Crippen LogP contribution in [0.15, 0.2) is 0 Å². The molecule has 0 saturated heterocycles. The summed E-state index contributed by atoms with van der Waals surface area (Å²) < 4.78 is 41.5. The molecule has 12 heavy (non-hydrogen) atoms. The number of nitrogens with zero attached hydrogens (tertiary/aromatic N) is 1. The van der Waals surface area contributed by atoms with Gasteiger partial charge in [0.2, 0.25) is 5.91 Å². The maximum atomic E-state index is 11.1. The highest BCUT2D eigenvalue weighted by atomic mass is 35.5. The Balaban J connectivity index is 0. The lowest BCUT2D eigenvalue weighted by Crippen LogP contribution is -2.36. The second-order valence-corrected chi connectivity index (χ2v) is 1.76. The second-order valence-electron chi connectivity index (χ2n) is 1.76. The molecular weight excluding hydrogens is 184 g/mol. The summed E-state index contributed by atoms with van der Waals surface area (Å²) in [7, 11) is 0. The van der Waals surface area contributed by atoms with E-state index < -0.39 is 38.7 Å². The van der Waals surface area contributed by atoms with E-state index >= 15 is 0 Å². The summed E-state index contributed by atoms with van der Waals surface area (Å²) in [6.07, 6.45) is -1.01. The van der Waals surface area contributed by atoms with Crippen LogP contribution in [0.3, 0.4) is 0 Å². The highest BCUT2D eigenvalue weighted by Crippen LogP contribution is 1.87. The molecule has 0 aliphatic rings. The average Bonchev–Trinajstić information content (AvgIpc) is 2.07. The number of carboxylic acid groups (broad SMARTS) is 1. The highest BCUT2D eigenvalue weighted by Gasteiger charge is 2.04. The van der Waals surface area contributed by atoms with Gasteiger partial charge in [0.05, 0.1) is 6.42 Å². The fraction of sp³-hybridized carbons (Fsp3) is 0.667. The van der Waals surface area contributed by atoms with Gasteiger partial charge in [-0.2, -0.15) is 0 Å². The first-order valence-corrected chi connectivity index (χ1v) is 2.76. The van der Waals surface area contributed by atoms with Gasteiger partial charge < -0.3 is 5.11 Å². The van der Waals surface area contributed by atoms with E-state index in [0.717, 1.165) is 0 Å². The van der Waals surface area contributed by atoms with E-state index in [0.29, 0.717) is 0 Å². The molecule has 0 radical (unpaired) electrons. The first kappa shape index (κ1) is 5.04. The van der Waals surface area contributed by atoms with Crippen molar-refractivity contribution in [3.63, 3.8) is 0 Å². The van der Waals surface area contributed by atoms with Gasteiger partial charge in [0, 0.05) is 28.6 Å². The third-order valence-corrected chi connectivity index (χ3v) is 0.802. The van der Waals surface area contributed by atoms with Crippen molar-refractivity contribution in [3.05, 3.63) is 0 Å². The molecule has 0 atom stereocenters. The van der Waals surface area contributed by atoms with Gasteiger partial charge in [-0.25, -0.2) is 5.01 Å². The fourth-order valence-electron chi connectivity index (χ4n) is 0.401. The predicted octanol–water partition coefficient (Wildman–Crippen LogP) is -0.134. The van der Waals surface area contributed by atoms with Crippen LogP contribution in [0, 0.1) is 0 Å². The van der Waals surface area contributed by atoms with E-state index in [1.807, 2.05) is 0 Å². The summed E-state index contributed by atoms with van der Waals surface area (Å²) in [6, 6.07) is 0. The molecule has 0 saturated carbocycles. The third-order valence-electron chi connectivity index (χ3n) is 0.802. The van der Waals surface area contributed by atoms with Crippen LogP contribution in [-0.4, -0.2) is 35.9 Å². The first-order chi connectivity index (χ1) is 7.44. The van der Waals surface area contributed by atoms with Gasteiger partial charge in [-0.1, -0.05) is 0 Å². The smallest absolute Gasteiger partial charge is 0.303 e. The quantitative estimate of drug-likeness (QED) is 0.623. The van der Waals surface area contributed by atoms with Crippen LogP contribution in [0.5, 0.6) is 0 Å². The van der Waals surface area contributed by atoms with E-state index in [1.165, 1.54) is 0 Å². The van der Waals surface area contributed by atoms with Gasteiger partial charge in [0.1, 0.15) is 0 Å². The van der Waals surface area contributed by atoms with Crippen molar-refractivity contribution in [3.8, 4) is 0 Å². The van der Waals surface area contributed by atoms with E-state index in [2.05, 4.69) is 0 Å². The van der Waals surface area contributed by atoms with Crippen molar-refractivity contribution in [2.24, 2.45) is 0 Å². The number of nitrogens with one attached hydrogen (secondary N) is 1. The topological polar surface area (TPSA) is 69.6 Å². The molecule has 6 heteroatoms. The molecule has 0 spiro atoms. The third kappa shape index (κ3) is 9.19. The van der Waals surface area contributed by atoms with E-state index in [9.17, 15) is 9.59 Å². The molecule has 0 aliphatic carbocycles. The maximum Gasteiger partial charge on any atom is 0.303 e. The zero-order valence-corrected chi connectivity index (χ0v) is 6.85. The Morgan fingerprint density at radius 3 is 2.50 bits per heavy atom. The zero-order chi connectivity index (χ0) is 13.9. The number of halogens is 1. The summed E-state index contributed by atoms with van der Waals surface area (Å²) in [5.74, 6) is -2.23. The van der Waals surface area contributed by atoms with Crippen molar-refractivity contribution in [2.75, 3.05) is 14.0 Å². The van der Waals surface area contributed by atoms with Crippen LogP contribution in [0.4, 0.5) is 0 Å². The molecule has 72 valence electrons. The molecule has 2 N–H and O–H groups in total. The van der Waals surface area contributed by atoms with Crippen LogP contribution < -0.4 is 5.43 Å². The van der Waals surface area contributed by atoms with Gasteiger partial charge >= 0.3 is 5.97 Å². The molecule has 0 fully saturated rings.